The molecule has 35 heavy (non-hydrogen) atoms. The van der Waals surface area contributed by atoms with Gasteiger partial charge in [0.2, 0.25) is 5.88 Å². The van der Waals surface area contributed by atoms with Gasteiger partial charge in [0.05, 0.1) is 16.6 Å². The number of hydrogen-bond acceptors (Lipinski definition) is 5. The lowest BCUT2D eigenvalue weighted by molar-refractivity contribution is -0.137. The number of halogens is 4. The maximum absolute atomic E-state index is 13.7. The zero-order chi connectivity index (χ0) is 25.0. The van der Waals surface area contributed by atoms with Crippen LogP contribution in [0.3, 0.4) is 0 Å². The molecule has 7 nitrogen and oxygen atoms in total. The number of carbonyl (C=O) groups excluding carboxylic acids is 1. The summed E-state index contributed by atoms with van der Waals surface area (Å²) in [7, 11) is 0. The number of benzene rings is 1. The van der Waals surface area contributed by atoms with Gasteiger partial charge in [0, 0.05) is 24.0 Å². The highest BCUT2D eigenvalue weighted by Gasteiger charge is 2.30. The van der Waals surface area contributed by atoms with Gasteiger partial charge in [-0.15, -0.1) is 0 Å². The molecule has 1 aliphatic rings. The lowest BCUT2D eigenvalue weighted by Gasteiger charge is -2.17. The SMILES string of the molecule is C=C(F)/C=c1\c(=C/COc2ncnc3c2CCNC3)ccn1C(=O)Nc1cccc(C(F)(F)F)c1. The van der Waals surface area contributed by atoms with Crippen molar-refractivity contribution in [3.8, 4) is 5.88 Å². The number of alkyl halides is 3. The van der Waals surface area contributed by atoms with E-state index < -0.39 is 23.6 Å². The van der Waals surface area contributed by atoms with E-state index in [1.807, 2.05) is 0 Å². The van der Waals surface area contributed by atoms with Gasteiger partial charge in [-0.1, -0.05) is 12.6 Å². The highest BCUT2D eigenvalue weighted by Crippen LogP contribution is 2.30. The van der Waals surface area contributed by atoms with Crippen LogP contribution >= 0.6 is 0 Å². The summed E-state index contributed by atoms with van der Waals surface area (Å²) in [6.07, 6.45) is 1.65. The zero-order valence-electron chi connectivity index (χ0n) is 18.4. The zero-order valence-corrected chi connectivity index (χ0v) is 18.4. The predicted octanol–water partition coefficient (Wildman–Crippen LogP) is 3.15. The van der Waals surface area contributed by atoms with Crippen LogP contribution in [0.4, 0.5) is 28.0 Å². The molecule has 0 aliphatic carbocycles. The average Bonchev–Trinajstić information content (AvgIpc) is 3.20. The molecule has 1 amide bonds. The van der Waals surface area contributed by atoms with Crippen LogP contribution in [0, 0.1) is 0 Å². The second-order valence-electron chi connectivity index (χ2n) is 7.67. The standard InChI is InChI=1S/C24H21F4N5O2/c1-15(25)11-21-16(7-10-35-22-19-5-8-29-13-20(19)30-14-31-22)6-9-33(21)23(34)32-18-4-2-3-17(12-18)24(26,27)28/h2-4,6-7,9,11-12,14,29H,1,5,8,10,13H2,(H,32,34)/b16-7-,21-11+. The fourth-order valence-corrected chi connectivity index (χ4v) is 3.66. The Morgan fingerprint density at radius 3 is 2.89 bits per heavy atom. The van der Waals surface area contributed by atoms with E-state index in [1.54, 1.807) is 12.1 Å². The van der Waals surface area contributed by atoms with Gasteiger partial charge < -0.3 is 15.4 Å². The van der Waals surface area contributed by atoms with Crippen molar-refractivity contribution in [3.05, 3.63) is 82.7 Å². The highest BCUT2D eigenvalue weighted by atomic mass is 19.4. The lowest BCUT2D eigenvalue weighted by atomic mass is 10.1. The molecule has 0 unspecified atom stereocenters. The minimum atomic E-state index is -4.55. The smallest absolute Gasteiger partial charge is 0.416 e. The molecule has 0 spiro atoms. The molecule has 4 rings (SSSR count). The molecule has 0 radical (unpaired) electrons. The summed E-state index contributed by atoms with van der Waals surface area (Å²) < 4.78 is 59.5. The summed E-state index contributed by atoms with van der Waals surface area (Å²) >= 11 is 0. The number of amides is 1. The third kappa shape index (κ3) is 5.75. The van der Waals surface area contributed by atoms with Crippen molar-refractivity contribution >= 4 is 23.9 Å². The monoisotopic (exact) mass is 487 g/mol. The van der Waals surface area contributed by atoms with E-state index in [9.17, 15) is 22.4 Å². The molecule has 0 saturated heterocycles. The van der Waals surface area contributed by atoms with Crippen LogP contribution in [0.2, 0.25) is 0 Å². The number of anilines is 1. The molecular formula is C24H21F4N5O2. The molecule has 2 N–H and O–H groups in total. The van der Waals surface area contributed by atoms with Crippen molar-refractivity contribution in [2.75, 3.05) is 18.5 Å². The Bertz CT molecular complexity index is 1380. The first kappa shape index (κ1) is 24.1. The molecule has 182 valence electrons. The summed E-state index contributed by atoms with van der Waals surface area (Å²) in [4.78, 5) is 21.2. The van der Waals surface area contributed by atoms with Crippen LogP contribution in [-0.4, -0.2) is 33.7 Å². The third-order valence-electron chi connectivity index (χ3n) is 5.27. The summed E-state index contributed by atoms with van der Waals surface area (Å²) in [6, 6.07) is 5.02. The molecule has 0 bridgehead atoms. The van der Waals surface area contributed by atoms with Gasteiger partial charge in [0.1, 0.15) is 18.8 Å². The summed E-state index contributed by atoms with van der Waals surface area (Å²) in [6.45, 7) is 4.69. The van der Waals surface area contributed by atoms with Gasteiger partial charge >= 0.3 is 12.2 Å². The Hall–Kier alpha value is -3.99. The quantitative estimate of drug-likeness (QED) is 0.541. The molecule has 1 aliphatic heterocycles. The van der Waals surface area contributed by atoms with E-state index in [0.717, 1.165) is 47.0 Å². The maximum Gasteiger partial charge on any atom is 0.416 e. The molecule has 3 aromatic rings. The number of fused-ring (bicyclic) bond motifs is 1. The summed E-state index contributed by atoms with van der Waals surface area (Å²) in [5, 5.41) is 6.23. The van der Waals surface area contributed by atoms with Gasteiger partial charge in [-0.2, -0.15) is 13.2 Å². The van der Waals surface area contributed by atoms with E-state index in [2.05, 4.69) is 27.2 Å². The number of carbonyl (C=O) groups is 1. The Kier molecular flexibility index (Phi) is 6.97. The molecule has 3 heterocycles. The van der Waals surface area contributed by atoms with Crippen molar-refractivity contribution in [2.24, 2.45) is 0 Å². The van der Waals surface area contributed by atoms with Gasteiger partial charge in [-0.3, -0.25) is 4.57 Å². The minimum absolute atomic E-state index is 0.0552. The van der Waals surface area contributed by atoms with Crippen LogP contribution in [0.15, 0.2) is 55.3 Å². The molecule has 0 saturated carbocycles. The van der Waals surface area contributed by atoms with Crippen molar-refractivity contribution < 1.29 is 27.1 Å². The number of nitrogens with one attached hydrogen (secondary N) is 2. The first-order chi connectivity index (χ1) is 16.7. The Labute approximate surface area is 197 Å². The predicted molar refractivity (Wildman–Crippen MR) is 122 cm³/mol. The largest absolute Gasteiger partial charge is 0.473 e. The van der Waals surface area contributed by atoms with Crippen molar-refractivity contribution in [3.63, 3.8) is 0 Å². The van der Waals surface area contributed by atoms with E-state index >= 15 is 0 Å². The number of nitrogens with zero attached hydrogens (tertiary/aromatic N) is 3. The number of allylic oxidation sites excluding steroid dienone is 1. The van der Waals surface area contributed by atoms with Crippen LogP contribution in [0.25, 0.3) is 12.2 Å². The van der Waals surface area contributed by atoms with Gasteiger partial charge in [-0.05, 0) is 54.6 Å². The number of aromatic nitrogens is 3. The van der Waals surface area contributed by atoms with Gasteiger partial charge in [0.15, 0.2) is 0 Å². The van der Waals surface area contributed by atoms with Crippen molar-refractivity contribution in [1.82, 2.24) is 19.9 Å². The van der Waals surface area contributed by atoms with E-state index in [0.29, 0.717) is 17.6 Å². The normalized spacial score (nSPS) is 14.5. The van der Waals surface area contributed by atoms with Crippen LogP contribution < -0.4 is 25.9 Å². The molecule has 0 fully saturated rings. The number of ether oxygens (including phenoxy) is 1. The molecule has 0 atom stereocenters. The lowest BCUT2D eigenvalue weighted by Crippen LogP contribution is -2.35. The number of hydrogen-bond donors (Lipinski definition) is 2. The second kappa shape index (κ2) is 10.1. The van der Waals surface area contributed by atoms with E-state index in [1.165, 1.54) is 24.7 Å². The first-order valence-corrected chi connectivity index (χ1v) is 10.6. The van der Waals surface area contributed by atoms with Gasteiger partial charge in [0.25, 0.3) is 0 Å². The van der Waals surface area contributed by atoms with E-state index in [-0.39, 0.29) is 17.6 Å². The van der Waals surface area contributed by atoms with Crippen molar-refractivity contribution in [2.45, 2.75) is 19.1 Å². The second-order valence-corrected chi connectivity index (χ2v) is 7.67. The molecule has 1 aromatic carbocycles. The van der Waals surface area contributed by atoms with Gasteiger partial charge in [-0.25, -0.2) is 19.2 Å². The first-order valence-electron chi connectivity index (χ1n) is 10.6. The van der Waals surface area contributed by atoms with E-state index in [4.69, 9.17) is 4.74 Å². The molecule has 2 aromatic heterocycles. The van der Waals surface area contributed by atoms with Crippen LogP contribution in [0.5, 0.6) is 5.88 Å². The molecule has 11 heteroatoms. The Morgan fingerprint density at radius 1 is 1.29 bits per heavy atom. The fourth-order valence-electron chi connectivity index (χ4n) is 3.66. The minimum Gasteiger partial charge on any atom is -0.473 e. The topological polar surface area (TPSA) is 81.1 Å². The summed E-state index contributed by atoms with van der Waals surface area (Å²) in [5.41, 5.74) is 0.823. The maximum atomic E-state index is 13.7. The number of rotatable bonds is 5. The van der Waals surface area contributed by atoms with Crippen LogP contribution in [-0.2, 0) is 19.1 Å². The van der Waals surface area contributed by atoms with Crippen molar-refractivity contribution in [1.29, 1.82) is 0 Å². The van der Waals surface area contributed by atoms with Crippen LogP contribution in [0.1, 0.15) is 16.8 Å². The Morgan fingerprint density at radius 2 is 2.11 bits per heavy atom. The summed E-state index contributed by atoms with van der Waals surface area (Å²) in [5.74, 6) is -0.348. The average molecular weight is 487 g/mol. The molecular weight excluding hydrogens is 466 g/mol. The Balaban J connectivity index is 1.58. The third-order valence-corrected chi connectivity index (χ3v) is 5.27. The highest BCUT2D eigenvalue weighted by molar-refractivity contribution is 5.91. The fraction of sp³-hybridized carbons (Fsp3) is 0.208.